The maximum absolute atomic E-state index is 9.31. The van der Waals surface area contributed by atoms with Crippen LogP contribution in [0.5, 0.6) is 0 Å². The summed E-state index contributed by atoms with van der Waals surface area (Å²) >= 11 is 0. The van der Waals surface area contributed by atoms with E-state index in [2.05, 4.69) is 27.2 Å². The van der Waals surface area contributed by atoms with Gasteiger partial charge < -0.3 is 9.63 Å². The van der Waals surface area contributed by atoms with Crippen molar-refractivity contribution in [3.63, 3.8) is 0 Å². The second kappa shape index (κ2) is 6.15. The first-order valence-electron chi connectivity index (χ1n) is 7.05. The van der Waals surface area contributed by atoms with Gasteiger partial charge in [0.1, 0.15) is 0 Å². The molecule has 1 aliphatic heterocycles. The maximum Gasteiger partial charge on any atom is 0.240 e. The van der Waals surface area contributed by atoms with Crippen LogP contribution in [-0.2, 0) is 13.0 Å². The molecule has 0 bridgehead atoms. The summed E-state index contributed by atoms with van der Waals surface area (Å²) in [5.41, 5.74) is 1.18. The summed E-state index contributed by atoms with van der Waals surface area (Å²) in [5.74, 6) is 1.35. The number of likely N-dealkylation sites (tertiary alicyclic amines) is 1. The second-order valence-electron chi connectivity index (χ2n) is 5.22. The Kier molecular flexibility index (Phi) is 4.08. The number of hydrogen-bond donors (Lipinski definition) is 1. The Morgan fingerprint density at radius 3 is 2.95 bits per heavy atom. The van der Waals surface area contributed by atoms with E-state index in [1.807, 2.05) is 18.2 Å². The second-order valence-corrected chi connectivity index (χ2v) is 5.22. The number of aliphatic hydroxyl groups excluding tert-OH is 1. The van der Waals surface area contributed by atoms with Crippen molar-refractivity contribution in [2.75, 3.05) is 13.2 Å². The normalized spacial score (nSPS) is 19.6. The molecule has 1 fully saturated rings. The van der Waals surface area contributed by atoms with Gasteiger partial charge in [0.05, 0.1) is 13.2 Å². The molecule has 5 nitrogen and oxygen atoms in total. The van der Waals surface area contributed by atoms with E-state index in [1.165, 1.54) is 5.56 Å². The average molecular weight is 273 g/mol. The van der Waals surface area contributed by atoms with Crippen molar-refractivity contribution in [1.29, 1.82) is 0 Å². The molecule has 2 heterocycles. The molecule has 5 heteroatoms. The zero-order valence-electron chi connectivity index (χ0n) is 11.4. The van der Waals surface area contributed by atoms with Crippen LogP contribution in [0.4, 0.5) is 0 Å². The lowest BCUT2D eigenvalue weighted by Crippen LogP contribution is -2.31. The van der Waals surface area contributed by atoms with E-state index in [1.54, 1.807) is 0 Å². The van der Waals surface area contributed by atoms with Crippen molar-refractivity contribution in [2.24, 2.45) is 0 Å². The summed E-state index contributed by atoms with van der Waals surface area (Å²) < 4.78 is 5.31. The highest BCUT2D eigenvalue weighted by Gasteiger charge is 2.25. The van der Waals surface area contributed by atoms with E-state index in [0.717, 1.165) is 19.4 Å². The van der Waals surface area contributed by atoms with Gasteiger partial charge in [-0.2, -0.15) is 4.98 Å². The van der Waals surface area contributed by atoms with Crippen molar-refractivity contribution in [2.45, 2.75) is 31.8 Å². The molecule has 0 amide bonds. The summed E-state index contributed by atoms with van der Waals surface area (Å²) in [7, 11) is 0. The average Bonchev–Trinajstić information content (AvgIpc) is 3.10. The monoisotopic (exact) mass is 273 g/mol. The molecule has 1 aromatic carbocycles. The van der Waals surface area contributed by atoms with Crippen LogP contribution >= 0.6 is 0 Å². The van der Waals surface area contributed by atoms with Gasteiger partial charge in [0, 0.05) is 12.5 Å². The Bertz CT molecular complexity index is 541. The van der Waals surface area contributed by atoms with Crippen LogP contribution in [0.25, 0.3) is 0 Å². The third kappa shape index (κ3) is 3.05. The van der Waals surface area contributed by atoms with E-state index in [0.29, 0.717) is 24.7 Å². The fraction of sp³-hybridized carbons (Fsp3) is 0.467. The first kappa shape index (κ1) is 13.3. The standard InChI is InChI=1S/C15H19N3O2/c19-11-13-7-4-8-18(13)10-15-16-14(17-20-15)9-12-5-2-1-3-6-12/h1-3,5-6,13,19H,4,7-11H2/t13-/m1/s1. The molecule has 0 aliphatic carbocycles. The van der Waals surface area contributed by atoms with Crippen molar-refractivity contribution in [3.05, 3.63) is 47.6 Å². The van der Waals surface area contributed by atoms with Gasteiger partial charge in [0.2, 0.25) is 5.89 Å². The van der Waals surface area contributed by atoms with Gasteiger partial charge in [0.15, 0.2) is 5.82 Å². The SMILES string of the molecule is OC[C@H]1CCCN1Cc1nc(Cc2ccccc2)no1. The third-order valence-electron chi connectivity index (χ3n) is 3.76. The fourth-order valence-electron chi connectivity index (χ4n) is 2.69. The van der Waals surface area contributed by atoms with Crippen LogP contribution < -0.4 is 0 Å². The number of rotatable bonds is 5. The summed E-state index contributed by atoms with van der Waals surface area (Å²) in [6.07, 6.45) is 2.85. The summed E-state index contributed by atoms with van der Waals surface area (Å²) in [6.45, 7) is 1.82. The molecule has 1 aliphatic rings. The van der Waals surface area contributed by atoms with Gasteiger partial charge in [0.25, 0.3) is 0 Å². The molecular weight excluding hydrogens is 254 g/mol. The lowest BCUT2D eigenvalue weighted by atomic mass is 10.1. The van der Waals surface area contributed by atoms with Crippen molar-refractivity contribution in [3.8, 4) is 0 Å². The minimum absolute atomic E-state index is 0.199. The van der Waals surface area contributed by atoms with E-state index in [-0.39, 0.29) is 12.6 Å². The Morgan fingerprint density at radius 2 is 2.15 bits per heavy atom. The van der Waals surface area contributed by atoms with E-state index in [9.17, 15) is 5.11 Å². The molecular formula is C15H19N3O2. The van der Waals surface area contributed by atoms with E-state index >= 15 is 0 Å². The van der Waals surface area contributed by atoms with Crippen LogP contribution in [0, 0.1) is 0 Å². The van der Waals surface area contributed by atoms with Crippen molar-refractivity contribution >= 4 is 0 Å². The predicted octanol–water partition coefficient (Wildman–Crippen LogP) is 1.62. The molecule has 1 saturated heterocycles. The van der Waals surface area contributed by atoms with Gasteiger partial charge in [-0.1, -0.05) is 35.5 Å². The molecule has 0 radical (unpaired) electrons. The number of nitrogens with zero attached hydrogens (tertiary/aromatic N) is 3. The Morgan fingerprint density at radius 1 is 1.30 bits per heavy atom. The lowest BCUT2D eigenvalue weighted by molar-refractivity contribution is 0.141. The summed E-state index contributed by atoms with van der Waals surface area (Å²) in [5, 5.41) is 13.3. The molecule has 2 aromatic rings. The van der Waals surface area contributed by atoms with Gasteiger partial charge in [-0.15, -0.1) is 0 Å². The van der Waals surface area contributed by atoms with Crippen molar-refractivity contribution in [1.82, 2.24) is 15.0 Å². The Balaban J connectivity index is 1.62. The molecule has 1 aromatic heterocycles. The zero-order chi connectivity index (χ0) is 13.8. The Hall–Kier alpha value is -1.72. The minimum atomic E-state index is 0.199. The topological polar surface area (TPSA) is 62.4 Å². The highest BCUT2D eigenvalue weighted by atomic mass is 16.5. The minimum Gasteiger partial charge on any atom is -0.395 e. The van der Waals surface area contributed by atoms with Crippen LogP contribution in [0.2, 0.25) is 0 Å². The molecule has 20 heavy (non-hydrogen) atoms. The van der Waals surface area contributed by atoms with Crippen LogP contribution in [0.15, 0.2) is 34.9 Å². The first-order chi connectivity index (χ1) is 9.85. The molecule has 1 N–H and O–H groups in total. The zero-order valence-corrected chi connectivity index (χ0v) is 11.4. The van der Waals surface area contributed by atoms with Crippen LogP contribution in [-0.4, -0.2) is 39.3 Å². The number of hydrogen-bond acceptors (Lipinski definition) is 5. The molecule has 1 atom stereocenters. The van der Waals surface area contributed by atoms with E-state index < -0.39 is 0 Å². The molecule has 106 valence electrons. The number of benzene rings is 1. The summed E-state index contributed by atoms with van der Waals surface area (Å²) in [6, 6.07) is 10.3. The highest BCUT2D eigenvalue weighted by Crippen LogP contribution is 2.19. The molecule has 0 unspecified atom stereocenters. The van der Waals surface area contributed by atoms with Gasteiger partial charge >= 0.3 is 0 Å². The van der Waals surface area contributed by atoms with Crippen LogP contribution in [0.3, 0.4) is 0 Å². The number of aromatic nitrogens is 2. The van der Waals surface area contributed by atoms with Gasteiger partial charge in [-0.3, -0.25) is 4.90 Å². The summed E-state index contributed by atoms with van der Waals surface area (Å²) in [4.78, 5) is 6.64. The van der Waals surface area contributed by atoms with Crippen molar-refractivity contribution < 1.29 is 9.63 Å². The number of aliphatic hydroxyl groups is 1. The smallest absolute Gasteiger partial charge is 0.240 e. The van der Waals surface area contributed by atoms with E-state index in [4.69, 9.17) is 4.52 Å². The Labute approximate surface area is 118 Å². The largest absolute Gasteiger partial charge is 0.395 e. The molecule has 0 spiro atoms. The third-order valence-corrected chi connectivity index (χ3v) is 3.76. The quantitative estimate of drug-likeness (QED) is 0.897. The highest BCUT2D eigenvalue weighted by molar-refractivity contribution is 5.18. The van der Waals surface area contributed by atoms with Gasteiger partial charge in [-0.25, -0.2) is 0 Å². The van der Waals surface area contributed by atoms with Gasteiger partial charge in [-0.05, 0) is 24.9 Å². The molecule has 3 rings (SSSR count). The first-order valence-corrected chi connectivity index (χ1v) is 7.05. The lowest BCUT2D eigenvalue weighted by Gasteiger charge is -2.20. The predicted molar refractivity (Wildman–Crippen MR) is 74.1 cm³/mol. The fourth-order valence-corrected chi connectivity index (χ4v) is 2.69. The maximum atomic E-state index is 9.31. The van der Waals surface area contributed by atoms with Crippen LogP contribution in [0.1, 0.15) is 30.1 Å². The molecule has 0 saturated carbocycles.